The number of benzene rings is 1. The van der Waals surface area contributed by atoms with Gasteiger partial charge in [-0.3, -0.25) is 4.68 Å². The van der Waals surface area contributed by atoms with Gasteiger partial charge in [0, 0.05) is 19.0 Å². The summed E-state index contributed by atoms with van der Waals surface area (Å²) in [6.07, 6.45) is 1.60. The van der Waals surface area contributed by atoms with Crippen LogP contribution in [0.25, 0.3) is 0 Å². The lowest BCUT2D eigenvalue weighted by molar-refractivity contribution is 0.409. The van der Waals surface area contributed by atoms with E-state index in [-0.39, 0.29) is 0 Å². The van der Waals surface area contributed by atoms with Gasteiger partial charge in [-0.2, -0.15) is 5.10 Å². The van der Waals surface area contributed by atoms with Gasteiger partial charge in [0.15, 0.2) is 0 Å². The van der Waals surface area contributed by atoms with Crippen molar-refractivity contribution in [3.63, 3.8) is 0 Å². The molecule has 0 aliphatic carbocycles. The molecule has 2 rings (SSSR count). The lowest BCUT2D eigenvalue weighted by Crippen LogP contribution is -2.36. The Morgan fingerprint density at radius 1 is 1.43 bits per heavy atom. The molecule has 114 valence electrons. The lowest BCUT2D eigenvalue weighted by Gasteiger charge is -2.26. The number of hydrogen-bond donors (Lipinski definition) is 1. The van der Waals surface area contributed by atoms with E-state index in [9.17, 15) is 0 Å². The molecule has 1 atom stereocenters. The molecule has 1 heterocycles. The summed E-state index contributed by atoms with van der Waals surface area (Å²) in [6, 6.07) is 7.92. The topological polar surface area (TPSA) is 53.1 Å². The number of methoxy groups -OCH3 is 1. The zero-order valence-corrected chi connectivity index (χ0v) is 14.6. The molecule has 0 radical (unpaired) electrons. The summed E-state index contributed by atoms with van der Waals surface area (Å²) in [5.74, 6) is 0.822. The fraction of sp³-hybridized carbons (Fsp3) is 0.438. The molecule has 0 fully saturated rings. The van der Waals surface area contributed by atoms with E-state index in [4.69, 9.17) is 10.5 Å². The highest BCUT2D eigenvalue weighted by Gasteiger charge is 2.26. The van der Waals surface area contributed by atoms with Crippen LogP contribution in [0.5, 0.6) is 5.75 Å². The number of nitrogens with zero attached hydrogens (tertiary/aromatic N) is 2. The molecule has 1 unspecified atom stereocenters. The van der Waals surface area contributed by atoms with E-state index in [1.807, 2.05) is 42.9 Å². The predicted octanol–water partition coefficient (Wildman–Crippen LogP) is 3.17. The predicted molar refractivity (Wildman–Crippen MR) is 88.5 cm³/mol. The van der Waals surface area contributed by atoms with Crippen LogP contribution in [0.1, 0.15) is 30.8 Å². The van der Waals surface area contributed by atoms with E-state index >= 15 is 0 Å². The van der Waals surface area contributed by atoms with E-state index in [0.29, 0.717) is 6.42 Å². The van der Waals surface area contributed by atoms with Crippen LogP contribution in [-0.4, -0.2) is 16.9 Å². The fourth-order valence-corrected chi connectivity index (χ4v) is 3.20. The average Bonchev–Trinajstić information content (AvgIpc) is 2.74. The zero-order valence-electron chi connectivity index (χ0n) is 13.0. The highest BCUT2D eigenvalue weighted by atomic mass is 79.9. The van der Waals surface area contributed by atoms with Gasteiger partial charge in [0.1, 0.15) is 5.75 Å². The fourth-order valence-electron chi connectivity index (χ4n) is 2.44. The Morgan fingerprint density at radius 3 is 2.71 bits per heavy atom. The smallest absolute Gasteiger partial charge is 0.119 e. The second-order valence-corrected chi connectivity index (χ2v) is 6.30. The third-order valence-corrected chi connectivity index (χ3v) is 4.68. The molecule has 2 N–H and O–H groups in total. The minimum absolute atomic E-state index is 0.490. The largest absolute Gasteiger partial charge is 0.497 e. The maximum absolute atomic E-state index is 6.56. The van der Waals surface area contributed by atoms with Gasteiger partial charge in [0.25, 0.3) is 0 Å². The monoisotopic (exact) mass is 351 g/mol. The molecular weight excluding hydrogens is 330 g/mol. The van der Waals surface area contributed by atoms with Gasteiger partial charge in [0.2, 0.25) is 0 Å². The Bertz CT molecular complexity index is 634. The SMILES string of the molecule is CCc1nn(C)c(CC(C)(N)c2cccc(OC)c2)c1Br. The number of nitrogens with two attached hydrogens (primary N) is 1. The number of rotatable bonds is 5. The summed E-state index contributed by atoms with van der Waals surface area (Å²) in [5.41, 5.74) is 9.30. The summed E-state index contributed by atoms with van der Waals surface area (Å²) in [5, 5.41) is 4.53. The van der Waals surface area contributed by atoms with Crippen LogP contribution >= 0.6 is 15.9 Å². The van der Waals surface area contributed by atoms with Crippen LogP contribution in [0.4, 0.5) is 0 Å². The second-order valence-electron chi connectivity index (χ2n) is 5.51. The van der Waals surface area contributed by atoms with Crippen molar-refractivity contribution in [1.82, 2.24) is 9.78 Å². The van der Waals surface area contributed by atoms with Gasteiger partial charge < -0.3 is 10.5 Å². The first-order valence-corrected chi connectivity index (χ1v) is 7.82. The summed E-state index contributed by atoms with van der Waals surface area (Å²) in [6.45, 7) is 4.13. The number of aryl methyl sites for hydroxylation is 2. The molecule has 0 aliphatic rings. The lowest BCUT2D eigenvalue weighted by atomic mass is 9.88. The second kappa shape index (κ2) is 6.20. The van der Waals surface area contributed by atoms with E-state index in [2.05, 4.69) is 28.0 Å². The number of ether oxygens (including phenoxy) is 1. The Kier molecular flexibility index (Phi) is 4.74. The Morgan fingerprint density at radius 2 is 2.14 bits per heavy atom. The first-order chi connectivity index (χ1) is 9.89. The Labute approximate surface area is 134 Å². The van der Waals surface area contributed by atoms with Gasteiger partial charge in [-0.15, -0.1) is 0 Å². The van der Waals surface area contributed by atoms with Crippen molar-refractivity contribution in [1.29, 1.82) is 0 Å². The van der Waals surface area contributed by atoms with Crippen molar-refractivity contribution in [3.8, 4) is 5.75 Å². The highest BCUT2D eigenvalue weighted by Crippen LogP contribution is 2.30. The molecule has 0 aliphatic heterocycles. The Hall–Kier alpha value is -1.33. The number of aromatic nitrogens is 2. The molecule has 1 aromatic carbocycles. The normalized spacial score (nSPS) is 14.0. The van der Waals surface area contributed by atoms with E-state index < -0.39 is 5.54 Å². The third-order valence-electron chi connectivity index (χ3n) is 3.77. The van der Waals surface area contributed by atoms with Crippen LogP contribution in [0, 0.1) is 0 Å². The summed E-state index contributed by atoms with van der Waals surface area (Å²) >= 11 is 3.65. The first kappa shape index (κ1) is 16.0. The molecule has 4 nitrogen and oxygen atoms in total. The molecule has 21 heavy (non-hydrogen) atoms. The molecule has 0 saturated carbocycles. The van der Waals surface area contributed by atoms with E-state index in [1.165, 1.54) is 0 Å². The quantitative estimate of drug-likeness (QED) is 0.899. The van der Waals surface area contributed by atoms with Gasteiger partial charge in [-0.05, 0) is 47.0 Å². The summed E-state index contributed by atoms with van der Waals surface area (Å²) in [4.78, 5) is 0. The molecule has 1 aromatic heterocycles. The zero-order chi connectivity index (χ0) is 15.6. The van der Waals surface area contributed by atoms with Gasteiger partial charge >= 0.3 is 0 Å². The summed E-state index contributed by atoms with van der Waals surface area (Å²) < 4.78 is 8.26. The molecule has 5 heteroatoms. The van der Waals surface area contributed by atoms with Crippen molar-refractivity contribution < 1.29 is 4.74 Å². The van der Waals surface area contributed by atoms with Crippen LogP contribution in [0.3, 0.4) is 0 Å². The van der Waals surface area contributed by atoms with E-state index in [1.54, 1.807) is 7.11 Å². The van der Waals surface area contributed by atoms with Crippen LogP contribution in [-0.2, 0) is 25.4 Å². The van der Waals surface area contributed by atoms with Gasteiger partial charge in [-0.1, -0.05) is 19.1 Å². The maximum Gasteiger partial charge on any atom is 0.119 e. The van der Waals surface area contributed by atoms with Crippen molar-refractivity contribution in [2.45, 2.75) is 32.2 Å². The summed E-state index contributed by atoms with van der Waals surface area (Å²) in [7, 11) is 3.62. The molecular formula is C16H22BrN3O. The first-order valence-electron chi connectivity index (χ1n) is 7.02. The number of halogens is 1. The third kappa shape index (κ3) is 3.30. The highest BCUT2D eigenvalue weighted by molar-refractivity contribution is 9.10. The van der Waals surface area contributed by atoms with Crippen LogP contribution in [0.15, 0.2) is 28.7 Å². The molecule has 0 bridgehead atoms. The van der Waals surface area contributed by atoms with Gasteiger partial charge in [-0.25, -0.2) is 0 Å². The minimum Gasteiger partial charge on any atom is -0.497 e. The van der Waals surface area contributed by atoms with Crippen molar-refractivity contribution in [2.75, 3.05) is 7.11 Å². The molecule has 0 spiro atoms. The molecule has 0 saturated heterocycles. The van der Waals surface area contributed by atoms with E-state index in [0.717, 1.165) is 33.6 Å². The van der Waals surface area contributed by atoms with Crippen LogP contribution < -0.4 is 10.5 Å². The van der Waals surface area contributed by atoms with Gasteiger partial charge in [0.05, 0.1) is 23.0 Å². The number of hydrogen-bond acceptors (Lipinski definition) is 3. The van der Waals surface area contributed by atoms with Crippen LogP contribution in [0.2, 0.25) is 0 Å². The standard InChI is InChI=1S/C16H22BrN3O/c1-5-13-15(17)14(20(3)19-13)10-16(2,18)11-7-6-8-12(9-11)21-4/h6-9H,5,10,18H2,1-4H3. The maximum atomic E-state index is 6.56. The molecule has 2 aromatic rings. The van der Waals surface area contributed by atoms with Crippen molar-refractivity contribution >= 4 is 15.9 Å². The Balaban J connectivity index is 2.34. The average molecular weight is 352 g/mol. The molecule has 0 amide bonds. The minimum atomic E-state index is -0.490. The van der Waals surface area contributed by atoms with Crippen molar-refractivity contribution in [2.24, 2.45) is 12.8 Å². The van der Waals surface area contributed by atoms with Crippen molar-refractivity contribution in [3.05, 3.63) is 45.7 Å².